The van der Waals surface area contributed by atoms with Crippen LogP contribution in [-0.2, 0) is 0 Å². The molecule has 1 aromatic carbocycles. The van der Waals surface area contributed by atoms with Crippen molar-refractivity contribution in [1.82, 2.24) is 0 Å². The van der Waals surface area contributed by atoms with Gasteiger partial charge in [-0.2, -0.15) is 0 Å². The molecule has 0 fully saturated rings. The van der Waals surface area contributed by atoms with E-state index in [9.17, 15) is 0 Å². The van der Waals surface area contributed by atoms with Crippen LogP contribution in [0, 0.1) is 0 Å². The molecule has 1 rings (SSSR count). The molecular formula is C11H13BrO2. The van der Waals surface area contributed by atoms with Gasteiger partial charge >= 0.3 is 0 Å². The lowest BCUT2D eigenvalue weighted by Gasteiger charge is -2.07. The summed E-state index contributed by atoms with van der Waals surface area (Å²) in [5.41, 5.74) is 0. The van der Waals surface area contributed by atoms with Crippen LogP contribution in [0.15, 0.2) is 36.4 Å². The van der Waals surface area contributed by atoms with Gasteiger partial charge in [-0.05, 0) is 12.1 Å². The summed E-state index contributed by atoms with van der Waals surface area (Å²) in [4.78, 5) is 0. The van der Waals surface area contributed by atoms with E-state index in [-0.39, 0.29) is 0 Å². The highest BCUT2D eigenvalue weighted by Crippen LogP contribution is 2.25. The molecule has 0 aliphatic carbocycles. The Balaban J connectivity index is 2.53. The lowest BCUT2D eigenvalue weighted by Crippen LogP contribution is -1.95. The summed E-state index contributed by atoms with van der Waals surface area (Å²) in [6.07, 6.45) is 3.95. The first-order valence-corrected chi connectivity index (χ1v) is 5.47. The first kappa shape index (κ1) is 11.1. The van der Waals surface area contributed by atoms with E-state index in [0.717, 1.165) is 16.8 Å². The zero-order valence-electron chi connectivity index (χ0n) is 8.07. The molecule has 2 nitrogen and oxygen atoms in total. The quantitative estimate of drug-likeness (QED) is 0.596. The fourth-order valence-electron chi connectivity index (χ4n) is 1.01. The SMILES string of the molecule is COc1ccccc1OC/C=C/CBr. The average molecular weight is 257 g/mol. The highest BCUT2D eigenvalue weighted by atomic mass is 79.9. The van der Waals surface area contributed by atoms with Crippen molar-refractivity contribution in [2.45, 2.75) is 0 Å². The molecule has 0 atom stereocenters. The topological polar surface area (TPSA) is 18.5 Å². The van der Waals surface area contributed by atoms with Gasteiger partial charge in [0.05, 0.1) is 7.11 Å². The number of rotatable bonds is 5. The Kier molecular flexibility index (Phi) is 5.15. The summed E-state index contributed by atoms with van der Waals surface area (Å²) < 4.78 is 10.6. The van der Waals surface area contributed by atoms with Gasteiger partial charge in [0, 0.05) is 5.33 Å². The molecule has 0 heterocycles. The van der Waals surface area contributed by atoms with E-state index in [4.69, 9.17) is 9.47 Å². The third-order valence-corrected chi connectivity index (χ3v) is 2.03. The highest BCUT2D eigenvalue weighted by molar-refractivity contribution is 9.09. The maximum Gasteiger partial charge on any atom is 0.161 e. The molecule has 1 aromatic rings. The minimum absolute atomic E-state index is 0.561. The van der Waals surface area contributed by atoms with Crippen molar-refractivity contribution in [2.75, 3.05) is 19.0 Å². The number of benzene rings is 1. The number of methoxy groups -OCH3 is 1. The summed E-state index contributed by atoms with van der Waals surface area (Å²) >= 11 is 3.30. The summed E-state index contributed by atoms with van der Waals surface area (Å²) in [6, 6.07) is 7.61. The van der Waals surface area contributed by atoms with Crippen molar-refractivity contribution in [1.29, 1.82) is 0 Å². The van der Waals surface area contributed by atoms with Gasteiger partial charge in [-0.15, -0.1) is 0 Å². The summed E-state index contributed by atoms with van der Waals surface area (Å²) in [5, 5.41) is 0.849. The van der Waals surface area contributed by atoms with Crippen LogP contribution in [0.25, 0.3) is 0 Å². The van der Waals surface area contributed by atoms with E-state index in [0.29, 0.717) is 6.61 Å². The molecular weight excluding hydrogens is 244 g/mol. The Hall–Kier alpha value is -0.960. The molecule has 0 aliphatic rings. The van der Waals surface area contributed by atoms with Gasteiger partial charge in [0.1, 0.15) is 6.61 Å². The maximum atomic E-state index is 5.50. The molecule has 0 saturated carbocycles. The smallest absolute Gasteiger partial charge is 0.161 e. The number of allylic oxidation sites excluding steroid dienone is 1. The minimum atomic E-state index is 0.561. The van der Waals surface area contributed by atoms with Gasteiger partial charge in [0.15, 0.2) is 11.5 Å². The minimum Gasteiger partial charge on any atom is -0.493 e. The molecule has 0 radical (unpaired) electrons. The Morgan fingerprint density at radius 2 is 1.93 bits per heavy atom. The first-order chi connectivity index (χ1) is 6.88. The van der Waals surface area contributed by atoms with Gasteiger partial charge in [-0.25, -0.2) is 0 Å². The van der Waals surface area contributed by atoms with E-state index in [2.05, 4.69) is 15.9 Å². The van der Waals surface area contributed by atoms with Crippen LogP contribution in [0.1, 0.15) is 0 Å². The number of halogens is 1. The number of para-hydroxylation sites is 2. The van der Waals surface area contributed by atoms with Crippen LogP contribution >= 0.6 is 15.9 Å². The van der Waals surface area contributed by atoms with E-state index in [1.54, 1.807) is 7.11 Å². The van der Waals surface area contributed by atoms with Gasteiger partial charge in [-0.3, -0.25) is 0 Å². The van der Waals surface area contributed by atoms with Crippen LogP contribution in [0.3, 0.4) is 0 Å². The Morgan fingerprint density at radius 3 is 2.57 bits per heavy atom. The van der Waals surface area contributed by atoms with Gasteiger partial charge in [-0.1, -0.05) is 40.2 Å². The second kappa shape index (κ2) is 6.49. The molecule has 3 heteroatoms. The van der Waals surface area contributed by atoms with E-state index < -0.39 is 0 Å². The molecule has 0 aromatic heterocycles. The summed E-state index contributed by atoms with van der Waals surface area (Å²) in [7, 11) is 1.64. The van der Waals surface area contributed by atoms with E-state index in [1.807, 2.05) is 36.4 Å². The van der Waals surface area contributed by atoms with Crippen molar-refractivity contribution in [2.24, 2.45) is 0 Å². The van der Waals surface area contributed by atoms with Crippen LogP contribution in [0.4, 0.5) is 0 Å². The predicted molar refractivity (Wildman–Crippen MR) is 61.4 cm³/mol. The average Bonchev–Trinajstić information content (AvgIpc) is 2.25. The highest BCUT2D eigenvalue weighted by Gasteiger charge is 1.99. The van der Waals surface area contributed by atoms with Crippen molar-refractivity contribution in [3.63, 3.8) is 0 Å². The fourth-order valence-corrected chi connectivity index (χ4v) is 1.27. The van der Waals surface area contributed by atoms with Crippen LogP contribution < -0.4 is 9.47 Å². The standard InChI is InChI=1S/C11H13BrO2/c1-13-10-6-2-3-7-11(10)14-9-5-4-8-12/h2-7H,8-9H2,1H3/b5-4+. The largest absolute Gasteiger partial charge is 0.493 e. The predicted octanol–water partition coefficient (Wildman–Crippen LogP) is 3.03. The van der Waals surface area contributed by atoms with Crippen LogP contribution in [-0.4, -0.2) is 19.0 Å². The van der Waals surface area contributed by atoms with Crippen molar-refractivity contribution in [3.8, 4) is 11.5 Å². The zero-order valence-corrected chi connectivity index (χ0v) is 9.66. The lowest BCUT2D eigenvalue weighted by atomic mass is 10.3. The molecule has 0 N–H and O–H groups in total. The molecule has 76 valence electrons. The number of hydrogen-bond acceptors (Lipinski definition) is 2. The second-order valence-electron chi connectivity index (χ2n) is 2.59. The monoisotopic (exact) mass is 256 g/mol. The number of hydrogen-bond donors (Lipinski definition) is 0. The first-order valence-electron chi connectivity index (χ1n) is 4.35. The summed E-state index contributed by atoms with van der Waals surface area (Å²) in [6.45, 7) is 0.561. The van der Waals surface area contributed by atoms with Gasteiger partial charge in [0.2, 0.25) is 0 Å². The molecule has 0 saturated heterocycles. The Labute approximate surface area is 92.7 Å². The third-order valence-electron chi connectivity index (χ3n) is 1.66. The van der Waals surface area contributed by atoms with Crippen LogP contribution in [0.5, 0.6) is 11.5 Å². The molecule has 0 bridgehead atoms. The zero-order chi connectivity index (χ0) is 10.2. The van der Waals surface area contributed by atoms with E-state index in [1.165, 1.54) is 0 Å². The van der Waals surface area contributed by atoms with Gasteiger partial charge < -0.3 is 9.47 Å². The molecule has 0 amide bonds. The summed E-state index contributed by atoms with van der Waals surface area (Å²) in [5.74, 6) is 1.54. The van der Waals surface area contributed by atoms with Crippen LogP contribution in [0.2, 0.25) is 0 Å². The number of alkyl halides is 1. The number of ether oxygens (including phenoxy) is 2. The fraction of sp³-hybridized carbons (Fsp3) is 0.273. The Morgan fingerprint density at radius 1 is 1.21 bits per heavy atom. The lowest BCUT2D eigenvalue weighted by molar-refractivity contribution is 0.326. The van der Waals surface area contributed by atoms with Crippen molar-refractivity contribution in [3.05, 3.63) is 36.4 Å². The molecule has 0 spiro atoms. The third kappa shape index (κ3) is 3.42. The van der Waals surface area contributed by atoms with Gasteiger partial charge in [0.25, 0.3) is 0 Å². The van der Waals surface area contributed by atoms with Crippen molar-refractivity contribution >= 4 is 15.9 Å². The molecule has 0 aliphatic heterocycles. The second-order valence-corrected chi connectivity index (χ2v) is 3.24. The Bertz CT molecular complexity index is 297. The normalized spacial score (nSPS) is 10.4. The molecule has 0 unspecified atom stereocenters. The van der Waals surface area contributed by atoms with Crippen molar-refractivity contribution < 1.29 is 9.47 Å². The van der Waals surface area contributed by atoms with E-state index >= 15 is 0 Å². The maximum absolute atomic E-state index is 5.50. The molecule has 14 heavy (non-hydrogen) atoms.